The zero-order valence-electron chi connectivity index (χ0n) is 13.2. The van der Waals surface area contributed by atoms with Crippen molar-refractivity contribution in [3.63, 3.8) is 0 Å². The highest BCUT2D eigenvalue weighted by molar-refractivity contribution is 7.88. The highest BCUT2D eigenvalue weighted by atomic mass is 32.2. The molecule has 2 aliphatic rings. The van der Waals surface area contributed by atoms with Gasteiger partial charge in [-0.05, 0) is 37.1 Å². The lowest BCUT2D eigenvalue weighted by Crippen LogP contribution is -2.47. The van der Waals surface area contributed by atoms with Gasteiger partial charge in [-0.25, -0.2) is 13.1 Å². The molecule has 6 nitrogen and oxygen atoms in total. The summed E-state index contributed by atoms with van der Waals surface area (Å²) in [5.74, 6) is 0.0665. The monoisotopic (exact) mass is 358 g/mol. The lowest BCUT2D eigenvalue weighted by Gasteiger charge is -2.38. The third kappa shape index (κ3) is 4.12. The topological polar surface area (TPSA) is 75.7 Å². The molecule has 1 aromatic heterocycles. The van der Waals surface area contributed by atoms with Crippen LogP contribution in [0, 0.1) is 0 Å². The molecule has 1 N–H and O–H groups in total. The van der Waals surface area contributed by atoms with Crippen LogP contribution in [0.4, 0.5) is 0 Å². The molecule has 2 aliphatic heterocycles. The first-order valence-corrected chi connectivity index (χ1v) is 10.6. The van der Waals surface area contributed by atoms with Crippen LogP contribution in [0.15, 0.2) is 17.5 Å². The van der Waals surface area contributed by atoms with E-state index in [-0.39, 0.29) is 17.6 Å². The van der Waals surface area contributed by atoms with Gasteiger partial charge in [0.25, 0.3) is 5.91 Å². The molecule has 1 spiro atoms. The van der Waals surface area contributed by atoms with E-state index in [1.54, 1.807) is 0 Å². The van der Waals surface area contributed by atoms with Gasteiger partial charge in [-0.3, -0.25) is 4.79 Å². The van der Waals surface area contributed by atoms with E-state index in [0.717, 1.165) is 36.8 Å². The normalized spacial score (nSPS) is 28.4. The van der Waals surface area contributed by atoms with Gasteiger partial charge in [0.15, 0.2) is 0 Å². The first-order valence-electron chi connectivity index (χ1n) is 7.82. The van der Waals surface area contributed by atoms with Crippen molar-refractivity contribution in [3.8, 4) is 0 Å². The molecule has 1 amide bonds. The fraction of sp³-hybridized carbons (Fsp3) is 0.667. The summed E-state index contributed by atoms with van der Waals surface area (Å²) in [4.78, 5) is 15.1. The van der Waals surface area contributed by atoms with Crippen molar-refractivity contribution >= 4 is 27.3 Å². The molecule has 3 rings (SSSR count). The van der Waals surface area contributed by atoms with E-state index in [4.69, 9.17) is 4.74 Å². The Hall–Kier alpha value is -0.960. The number of nitrogens with zero attached hydrogens (tertiary/aromatic N) is 1. The maximum atomic E-state index is 12.5. The van der Waals surface area contributed by atoms with Crippen LogP contribution in [0.25, 0.3) is 0 Å². The molecule has 0 bridgehead atoms. The van der Waals surface area contributed by atoms with Crippen LogP contribution in [0.3, 0.4) is 0 Å². The molecule has 2 saturated heterocycles. The fourth-order valence-corrected chi connectivity index (χ4v) is 4.57. The van der Waals surface area contributed by atoms with E-state index < -0.39 is 10.0 Å². The number of rotatable bonds is 4. The molecular weight excluding hydrogens is 336 g/mol. The van der Waals surface area contributed by atoms with Crippen LogP contribution in [0.2, 0.25) is 0 Å². The lowest BCUT2D eigenvalue weighted by atomic mass is 9.90. The van der Waals surface area contributed by atoms with Gasteiger partial charge < -0.3 is 9.64 Å². The zero-order valence-corrected chi connectivity index (χ0v) is 14.8. The molecule has 2 atom stereocenters. The zero-order chi connectivity index (χ0) is 16.5. The number of hydrogen-bond acceptors (Lipinski definition) is 5. The Labute approximate surface area is 140 Å². The first kappa shape index (κ1) is 16.9. The quantitative estimate of drug-likeness (QED) is 0.884. The van der Waals surface area contributed by atoms with E-state index in [9.17, 15) is 13.2 Å². The maximum absolute atomic E-state index is 12.5. The van der Waals surface area contributed by atoms with E-state index in [2.05, 4.69) is 4.72 Å². The molecule has 0 aromatic carbocycles. The lowest BCUT2D eigenvalue weighted by molar-refractivity contribution is -0.116. The van der Waals surface area contributed by atoms with Gasteiger partial charge in [0.2, 0.25) is 10.0 Å². The maximum Gasteiger partial charge on any atom is 0.264 e. The number of carbonyl (C=O) groups is 1. The highest BCUT2D eigenvalue weighted by Gasteiger charge is 2.44. The molecule has 0 unspecified atom stereocenters. The summed E-state index contributed by atoms with van der Waals surface area (Å²) in [5.41, 5.74) is -0.310. The van der Waals surface area contributed by atoms with Crippen molar-refractivity contribution in [3.05, 3.63) is 22.4 Å². The van der Waals surface area contributed by atoms with Gasteiger partial charge in [-0.1, -0.05) is 6.07 Å². The molecule has 0 saturated carbocycles. The molecule has 8 heteroatoms. The molecule has 2 fully saturated rings. The van der Waals surface area contributed by atoms with Gasteiger partial charge in [0.05, 0.1) is 29.4 Å². The van der Waals surface area contributed by atoms with Crippen molar-refractivity contribution in [2.24, 2.45) is 0 Å². The number of nitrogens with one attached hydrogen (secondary N) is 1. The average Bonchev–Trinajstić information content (AvgIpc) is 3.14. The summed E-state index contributed by atoms with van der Waals surface area (Å²) in [5, 5.41) is 1.91. The second-order valence-electron chi connectivity index (χ2n) is 6.39. The first-order chi connectivity index (χ1) is 10.9. The van der Waals surface area contributed by atoms with Crippen LogP contribution in [-0.2, 0) is 14.8 Å². The second-order valence-corrected chi connectivity index (χ2v) is 9.17. The van der Waals surface area contributed by atoms with Crippen LogP contribution in [0.1, 0.15) is 35.4 Å². The van der Waals surface area contributed by atoms with Gasteiger partial charge in [0, 0.05) is 13.1 Å². The third-order valence-electron chi connectivity index (χ3n) is 4.48. The predicted octanol–water partition coefficient (Wildman–Crippen LogP) is 1.45. The standard InChI is InChI=1S/C15H22N2O4S2/c1-23(19,20)16-10-12-4-2-6-15(21-12)7-8-17(11-15)14(18)13-5-3-9-22-13/h3,5,9,12,16H,2,4,6-8,10-11H2,1H3/t12-,15-/m0/s1. The van der Waals surface area contributed by atoms with Crippen LogP contribution in [-0.4, -0.2) is 56.8 Å². The Morgan fingerprint density at radius 1 is 1.52 bits per heavy atom. The Morgan fingerprint density at radius 3 is 3.04 bits per heavy atom. The van der Waals surface area contributed by atoms with Crippen LogP contribution in [0.5, 0.6) is 0 Å². The molecule has 0 aliphatic carbocycles. The van der Waals surface area contributed by atoms with Gasteiger partial charge in [0.1, 0.15) is 0 Å². The molecular formula is C15H22N2O4S2. The smallest absolute Gasteiger partial charge is 0.264 e. The summed E-state index contributed by atoms with van der Waals surface area (Å²) >= 11 is 1.46. The number of amides is 1. The number of ether oxygens (including phenoxy) is 1. The summed E-state index contributed by atoms with van der Waals surface area (Å²) in [7, 11) is -3.21. The van der Waals surface area contributed by atoms with Gasteiger partial charge >= 0.3 is 0 Å². The van der Waals surface area contributed by atoms with E-state index in [1.165, 1.54) is 11.3 Å². The minimum atomic E-state index is -3.21. The van der Waals surface area contributed by atoms with Crippen molar-refractivity contribution < 1.29 is 17.9 Å². The van der Waals surface area contributed by atoms with Gasteiger partial charge in [-0.15, -0.1) is 11.3 Å². The fourth-order valence-electron chi connectivity index (χ4n) is 3.39. The molecule has 23 heavy (non-hydrogen) atoms. The predicted molar refractivity (Wildman–Crippen MR) is 89.1 cm³/mol. The van der Waals surface area contributed by atoms with Crippen LogP contribution < -0.4 is 4.72 Å². The van der Waals surface area contributed by atoms with E-state index in [1.807, 2.05) is 22.4 Å². The number of hydrogen-bond donors (Lipinski definition) is 1. The number of likely N-dealkylation sites (tertiary alicyclic amines) is 1. The van der Waals surface area contributed by atoms with Crippen molar-refractivity contribution in [2.75, 3.05) is 25.9 Å². The summed E-state index contributed by atoms with van der Waals surface area (Å²) in [6.45, 7) is 1.60. The minimum Gasteiger partial charge on any atom is -0.368 e. The molecule has 3 heterocycles. The van der Waals surface area contributed by atoms with Gasteiger partial charge in [-0.2, -0.15) is 0 Å². The van der Waals surface area contributed by atoms with Crippen molar-refractivity contribution in [1.29, 1.82) is 0 Å². The SMILES string of the molecule is CS(=O)(=O)NC[C@@H]1CCC[C@@]2(CCN(C(=O)c3cccs3)C2)O1. The minimum absolute atomic E-state index is 0.0665. The van der Waals surface area contributed by atoms with Crippen molar-refractivity contribution in [2.45, 2.75) is 37.4 Å². The summed E-state index contributed by atoms with van der Waals surface area (Å²) in [6.07, 6.45) is 4.63. The van der Waals surface area contributed by atoms with Crippen LogP contribution >= 0.6 is 11.3 Å². The molecule has 128 valence electrons. The van der Waals surface area contributed by atoms with E-state index >= 15 is 0 Å². The Kier molecular flexibility index (Phi) is 4.78. The Morgan fingerprint density at radius 2 is 2.35 bits per heavy atom. The molecule has 1 aromatic rings. The Balaban J connectivity index is 1.61. The van der Waals surface area contributed by atoms with E-state index in [0.29, 0.717) is 19.6 Å². The largest absolute Gasteiger partial charge is 0.368 e. The average molecular weight is 358 g/mol. The number of carbonyl (C=O) groups excluding carboxylic acids is 1. The summed E-state index contributed by atoms with van der Waals surface area (Å²) in [6, 6.07) is 3.73. The second kappa shape index (κ2) is 6.51. The van der Waals surface area contributed by atoms with Crippen molar-refractivity contribution in [1.82, 2.24) is 9.62 Å². The molecule has 0 radical (unpaired) electrons. The number of sulfonamides is 1. The number of thiophene rings is 1. The third-order valence-corrected chi connectivity index (χ3v) is 6.03. The highest BCUT2D eigenvalue weighted by Crippen LogP contribution is 2.37. The Bertz CT molecular complexity index is 659. The summed E-state index contributed by atoms with van der Waals surface area (Å²) < 4.78 is 31.2.